The largest absolute Gasteiger partial charge is 0.443 e. The molecule has 1 rings (SSSR count). The van der Waals surface area contributed by atoms with Crippen molar-refractivity contribution in [1.29, 1.82) is 0 Å². The molecular weight excluding hydrogens is 190 g/mol. The van der Waals surface area contributed by atoms with Crippen LogP contribution in [-0.4, -0.2) is 12.3 Å². The molecule has 3 heteroatoms. The van der Waals surface area contributed by atoms with Crippen LogP contribution in [0.5, 0.6) is 0 Å². The van der Waals surface area contributed by atoms with E-state index in [1.54, 1.807) is 6.21 Å². The normalized spacial score (nSPS) is 10.9. The molecular formula is C12H15NO2. The molecule has 0 spiro atoms. The molecule has 0 atom stereocenters. The molecule has 0 saturated heterocycles. The zero-order chi connectivity index (χ0) is 11.1. The van der Waals surface area contributed by atoms with Crippen molar-refractivity contribution in [2.75, 3.05) is 0 Å². The van der Waals surface area contributed by atoms with Crippen LogP contribution in [0.2, 0.25) is 0 Å². The Morgan fingerprint density at radius 1 is 1.40 bits per heavy atom. The maximum Gasteiger partial charge on any atom is 0.433 e. The van der Waals surface area contributed by atoms with Gasteiger partial charge in [0.25, 0.3) is 0 Å². The summed E-state index contributed by atoms with van der Waals surface area (Å²) >= 11 is 0. The summed E-state index contributed by atoms with van der Waals surface area (Å²) in [7, 11) is 0. The van der Waals surface area contributed by atoms with Gasteiger partial charge in [-0.2, -0.15) is 4.99 Å². The summed E-state index contributed by atoms with van der Waals surface area (Å²) in [5.41, 5.74) is 0.964. The van der Waals surface area contributed by atoms with Gasteiger partial charge in [0, 0.05) is 6.21 Å². The summed E-state index contributed by atoms with van der Waals surface area (Å²) < 4.78 is 4.94. The predicted octanol–water partition coefficient (Wildman–Crippen LogP) is 3.05. The smallest absolute Gasteiger partial charge is 0.433 e. The van der Waals surface area contributed by atoms with Crippen LogP contribution in [0.15, 0.2) is 35.3 Å². The van der Waals surface area contributed by atoms with E-state index in [4.69, 9.17) is 4.74 Å². The van der Waals surface area contributed by atoms with Gasteiger partial charge in [-0.3, -0.25) is 0 Å². The lowest BCUT2D eigenvalue weighted by Gasteiger charge is -2.01. The fourth-order valence-corrected chi connectivity index (χ4v) is 0.967. The van der Waals surface area contributed by atoms with Crippen LogP contribution in [0.1, 0.15) is 19.4 Å². The topological polar surface area (TPSA) is 38.7 Å². The lowest BCUT2D eigenvalue weighted by atomic mass is 10.2. The number of benzene rings is 1. The number of nitrogens with zero attached hydrogens (tertiary/aromatic N) is 1. The van der Waals surface area contributed by atoms with Crippen molar-refractivity contribution in [1.82, 2.24) is 0 Å². The van der Waals surface area contributed by atoms with E-state index in [-0.39, 0.29) is 12.5 Å². The molecule has 0 fully saturated rings. The number of ether oxygens (including phenoxy) is 1. The third-order valence-electron chi connectivity index (χ3n) is 1.68. The minimum absolute atomic E-state index is 0.259. The fourth-order valence-electron chi connectivity index (χ4n) is 0.967. The molecule has 1 aromatic rings. The molecule has 0 heterocycles. The van der Waals surface area contributed by atoms with E-state index >= 15 is 0 Å². The molecule has 0 aliphatic carbocycles. The maximum absolute atomic E-state index is 11.1. The first-order valence-corrected chi connectivity index (χ1v) is 4.93. The first-order valence-electron chi connectivity index (χ1n) is 4.93. The number of aliphatic imine (C=N–C) groups is 1. The van der Waals surface area contributed by atoms with Gasteiger partial charge >= 0.3 is 6.09 Å². The van der Waals surface area contributed by atoms with Crippen LogP contribution in [0.4, 0.5) is 4.79 Å². The Morgan fingerprint density at radius 3 is 2.67 bits per heavy atom. The maximum atomic E-state index is 11.1. The van der Waals surface area contributed by atoms with Crippen molar-refractivity contribution >= 4 is 12.3 Å². The molecule has 80 valence electrons. The zero-order valence-electron chi connectivity index (χ0n) is 9.01. The van der Waals surface area contributed by atoms with E-state index in [1.807, 2.05) is 44.2 Å². The van der Waals surface area contributed by atoms with Gasteiger partial charge in [0.05, 0.1) is 0 Å². The number of hydrogen-bond donors (Lipinski definition) is 0. The minimum Gasteiger partial charge on any atom is -0.443 e. The van der Waals surface area contributed by atoms with Crippen LogP contribution < -0.4 is 0 Å². The summed E-state index contributed by atoms with van der Waals surface area (Å²) in [6, 6.07) is 9.53. The molecule has 0 aromatic heterocycles. The average Bonchev–Trinajstić information content (AvgIpc) is 2.25. The molecule has 0 N–H and O–H groups in total. The van der Waals surface area contributed by atoms with Crippen molar-refractivity contribution in [2.24, 2.45) is 10.9 Å². The Morgan fingerprint density at radius 2 is 2.07 bits per heavy atom. The number of carbonyl (C=O) groups excluding carboxylic acids is 1. The molecule has 0 saturated carbocycles. The van der Waals surface area contributed by atoms with Gasteiger partial charge in [-0.25, -0.2) is 4.79 Å². The SMILES string of the molecule is CC(C)C=NC(=O)OCc1ccccc1. The second kappa shape index (κ2) is 5.96. The summed E-state index contributed by atoms with van der Waals surface area (Å²) in [5, 5.41) is 0. The highest BCUT2D eigenvalue weighted by atomic mass is 16.5. The molecule has 0 bridgehead atoms. The molecule has 0 radical (unpaired) electrons. The number of amides is 1. The number of hydrogen-bond acceptors (Lipinski definition) is 2. The van der Waals surface area contributed by atoms with Crippen molar-refractivity contribution < 1.29 is 9.53 Å². The Labute approximate surface area is 89.8 Å². The van der Waals surface area contributed by atoms with Gasteiger partial charge in [-0.15, -0.1) is 0 Å². The number of rotatable bonds is 3. The summed E-state index contributed by atoms with van der Waals surface area (Å²) in [4.78, 5) is 14.8. The van der Waals surface area contributed by atoms with E-state index in [1.165, 1.54) is 0 Å². The van der Waals surface area contributed by atoms with E-state index in [0.717, 1.165) is 5.56 Å². The van der Waals surface area contributed by atoms with E-state index in [2.05, 4.69) is 4.99 Å². The highest BCUT2D eigenvalue weighted by Crippen LogP contribution is 2.01. The second-order valence-electron chi connectivity index (χ2n) is 3.56. The molecule has 0 aliphatic rings. The monoisotopic (exact) mass is 205 g/mol. The lowest BCUT2D eigenvalue weighted by molar-refractivity contribution is 0.151. The molecule has 1 amide bonds. The molecule has 0 aliphatic heterocycles. The van der Waals surface area contributed by atoms with Crippen molar-refractivity contribution in [3.05, 3.63) is 35.9 Å². The standard InChI is InChI=1S/C12H15NO2/c1-10(2)8-13-12(14)15-9-11-6-4-3-5-7-11/h3-8,10H,9H2,1-2H3. The quantitative estimate of drug-likeness (QED) is 0.711. The summed E-state index contributed by atoms with van der Waals surface area (Å²) in [6.45, 7) is 4.18. The van der Waals surface area contributed by atoms with Gasteiger partial charge in [0.2, 0.25) is 0 Å². The molecule has 0 unspecified atom stereocenters. The summed E-state index contributed by atoms with van der Waals surface area (Å²) in [6.07, 6.45) is 1.04. The molecule has 15 heavy (non-hydrogen) atoms. The van der Waals surface area contributed by atoms with Gasteiger partial charge in [0.1, 0.15) is 6.61 Å². The Balaban J connectivity index is 2.35. The van der Waals surface area contributed by atoms with Crippen LogP contribution in [0, 0.1) is 5.92 Å². The third kappa shape index (κ3) is 4.96. The van der Waals surface area contributed by atoms with Crippen molar-refractivity contribution in [3.8, 4) is 0 Å². The Hall–Kier alpha value is -1.64. The van der Waals surface area contributed by atoms with Crippen LogP contribution >= 0.6 is 0 Å². The second-order valence-corrected chi connectivity index (χ2v) is 3.56. The number of carbonyl (C=O) groups is 1. The van der Waals surface area contributed by atoms with E-state index in [0.29, 0.717) is 0 Å². The Kier molecular flexibility index (Phi) is 4.54. The Bertz CT molecular complexity index is 331. The van der Waals surface area contributed by atoms with Crippen molar-refractivity contribution in [2.45, 2.75) is 20.5 Å². The van der Waals surface area contributed by atoms with E-state index < -0.39 is 6.09 Å². The first-order chi connectivity index (χ1) is 7.18. The molecule has 3 nitrogen and oxygen atoms in total. The zero-order valence-corrected chi connectivity index (χ0v) is 9.01. The van der Waals surface area contributed by atoms with Gasteiger partial charge in [-0.1, -0.05) is 44.2 Å². The van der Waals surface area contributed by atoms with Crippen molar-refractivity contribution in [3.63, 3.8) is 0 Å². The lowest BCUT2D eigenvalue weighted by Crippen LogP contribution is -2.01. The predicted molar refractivity (Wildman–Crippen MR) is 60.0 cm³/mol. The average molecular weight is 205 g/mol. The van der Waals surface area contributed by atoms with Gasteiger partial charge < -0.3 is 4.74 Å². The van der Waals surface area contributed by atoms with Gasteiger partial charge in [-0.05, 0) is 11.5 Å². The third-order valence-corrected chi connectivity index (χ3v) is 1.68. The van der Waals surface area contributed by atoms with Gasteiger partial charge in [0.15, 0.2) is 0 Å². The first kappa shape index (κ1) is 11.4. The molecule has 1 aromatic carbocycles. The van der Waals surface area contributed by atoms with Crippen LogP contribution in [-0.2, 0) is 11.3 Å². The van der Waals surface area contributed by atoms with Crippen LogP contribution in [0.3, 0.4) is 0 Å². The van der Waals surface area contributed by atoms with E-state index in [9.17, 15) is 4.79 Å². The van der Waals surface area contributed by atoms with Crippen LogP contribution in [0.25, 0.3) is 0 Å². The fraction of sp³-hybridized carbons (Fsp3) is 0.333. The summed E-state index contributed by atoms with van der Waals surface area (Å²) in [5.74, 6) is 0.259. The highest BCUT2D eigenvalue weighted by Gasteiger charge is 1.99. The highest BCUT2D eigenvalue weighted by molar-refractivity contribution is 5.79. The minimum atomic E-state index is -0.535.